The predicted molar refractivity (Wildman–Crippen MR) is 259 cm³/mol. The van der Waals surface area contributed by atoms with Crippen molar-refractivity contribution in [1.29, 1.82) is 0 Å². The molecule has 6 nitrogen and oxygen atoms in total. The monoisotopic (exact) mass is 810 g/mol. The Morgan fingerprint density at radius 3 is 1.40 bits per heavy atom. The zero-order chi connectivity index (χ0) is 42.7. The van der Waals surface area contributed by atoms with Crippen molar-refractivity contribution in [2.24, 2.45) is 0 Å². The first-order chi connectivity index (χ1) is 30.3. The molecule has 2 aliphatic rings. The molecular formula is C56H50N4O2. The number of nitrogens with zero attached hydrogens (tertiary/aromatic N) is 2. The maximum Gasteiger partial charge on any atom is 0.119 e. The first-order valence-electron chi connectivity index (χ1n) is 21.5. The van der Waals surface area contributed by atoms with Crippen LogP contribution >= 0.6 is 0 Å². The van der Waals surface area contributed by atoms with E-state index >= 15 is 0 Å². The van der Waals surface area contributed by atoms with Gasteiger partial charge in [0.05, 0.1) is 36.5 Å². The molecular weight excluding hydrogens is 761 g/mol. The summed E-state index contributed by atoms with van der Waals surface area (Å²) in [6.45, 7) is 9.46. The molecule has 6 heteroatoms. The van der Waals surface area contributed by atoms with Gasteiger partial charge in [0.25, 0.3) is 0 Å². The first kappa shape index (κ1) is 40.1. The number of nitrogens with one attached hydrogen (secondary N) is 2. The van der Waals surface area contributed by atoms with Crippen LogP contribution in [0.5, 0.6) is 11.5 Å². The van der Waals surface area contributed by atoms with Crippen LogP contribution in [0.1, 0.15) is 77.6 Å². The lowest BCUT2D eigenvalue weighted by atomic mass is 9.92. The van der Waals surface area contributed by atoms with Gasteiger partial charge in [0.2, 0.25) is 0 Å². The van der Waals surface area contributed by atoms with Gasteiger partial charge in [0, 0.05) is 49.9 Å². The molecule has 0 radical (unpaired) electrons. The molecule has 0 unspecified atom stereocenters. The standard InChI is InChI=1S/C56H50N4O2/c1-7-9-10-11-32-62-43-22-18-41(19-23-43)55-46-25-24-44(57-46)53(39-14-12-38(8-2)13-15-39)48-28-30-50(59-48)56(52-36(4)33-35(3)34-37(52)5)51-31-29-49(60-51)54(45-26-27-47(55)58-45)40-16-20-42(61-6)21-17-40/h2,12-31,33-34,58-59H,7,9-11,32H2,1,3-6H3. The minimum atomic E-state index is 0.704. The normalized spacial score (nSPS) is 11.8. The molecule has 9 rings (SSSR count). The summed E-state index contributed by atoms with van der Waals surface area (Å²) in [4.78, 5) is 18.7. The highest BCUT2D eigenvalue weighted by atomic mass is 16.5. The van der Waals surface area contributed by atoms with Crippen molar-refractivity contribution in [1.82, 2.24) is 19.9 Å². The van der Waals surface area contributed by atoms with Crippen molar-refractivity contribution < 1.29 is 9.47 Å². The lowest BCUT2D eigenvalue weighted by Crippen LogP contribution is -1.97. The number of aromatic nitrogens is 4. The maximum absolute atomic E-state index is 6.18. The van der Waals surface area contributed by atoms with Gasteiger partial charge < -0.3 is 19.4 Å². The van der Waals surface area contributed by atoms with Crippen LogP contribution in [-0.2, 0) is 0 Å². The summed E-state index contributed by atoms with van der Waals surface area (Å²) < 4.78 is 11.8. The number of aromatic amines is 2. The van der Waals surface area contributed by atoms with Crippen molar-refractivity contribution >= 4 is 46.4 Å². The molecule has 0 amide bonds. The number of benzene rings is 4. The number of terminal acetylenes is 1. The van der Waals surface area contributed by atoms with E-state index in [4.69, 9.17) is 25.9 Å². The molecule has 62 heavy (non-hydrogen) atoms. The van der Waals surface area contributed by atoms with E-state index in [2.05, 4.69) is 153 Å². The largest absolute Gasteiger partial charge is 0.497 e. The molecule has 0 saturated heterocycles. The summed E-state index contributed by atoms with van der Waals surface area (Å²) >= 11 is 0. The third kappa shape index (κ3) is 7.86. The maximum atomic E-state index is 6.18. The van der Waals surface area contributed by atoms with E-state index in [1.165, 1.54) is 36.0 Å². The molecule has 0 atom stereocenters. The quantitative estimate of drug-likeness (QED) is 0.101. The highest BCUT2D eigenvalue weighted by molar-refractivity contribution is 6.00. The first-order valence-corrected chi connectivity index (χ1v) is 21.5. The van der Waals surface area contributed by atoms with Gasteiger partial charge in [0.1, 0.15) is 11.5 Å². The van der Waals surface area contributed by atoms with Crippen molar-refractivity contribution in [3.05, 3.63) is 154 Å². The number of methoxy groups -OCH3 is 1. The number of fused-ring (bicyclic) bond motifs is 8. The number of hydrogen-bond acceptors (Lipinski definition) is 4. The highest BCUT2D eigenvalue weighted by Crippen LogP contribution is 2.40. The summed E-state index contributed by atoms with van der Waals surface area (Å²) in [5.41, 5.74) is 19.8. The van der Waals surface area contributed by atoms with E-state index in [-0.39, 0.29) is 0 Å². The summed E-state index contributed by atoms with van der Waals surface area (Å²) in [6.07, 6.45) is 19.0. The average molecular weight is 811 g/mol. The average Bonchev–Trinajstić information content (AvgIpc) is 4.13. The van der Waals surface area contributed by atoms with Crippen LogP contribution in [0.15, 0.2) is 109 Å². The van der Waals surface area contributed by atoms with Gasteiger partial charge >= 0.3 is 0 Å². The van der Waals surface area contributed by atoms with E-state index in [9.17, 15) is 0 Å². The van der Waals surface area contributed by atoms with E-state index in [0.29, 0.717) is 6.61 Å². The van der Waals surface area contributed by atoms with Gasteiger partial charge in [0.15, 0.2) is 0 Å². The van der Waals surface area contributed by atoms with E-state index in [1.54, 1.807) is 7.11 Å². The second kappa shape index (κ2) is 17.3. The Morgan fingerprint density at radius 1 is 0.516 bits per heavy atom. The lowest BCUT2D eigenvalue weighted by Gasteiger charge is -2.13. The van der Waals surface area contributed by atoms with Crippen LogP contribution in [0.25, 0.3) is 90.9 Å². The fourth-order valence-corrected chi connectivity index (χ4v) is 8.88. The van der Waals surface area contributed by atoms with E-state index in [1.807, 2.05) is 24.3 Å². The van der Waals surface area contributed by atoms with Gasteiger partial charge in [-0.2, -0.15) is 0 Å². The molecule has 4 aromatic carbocycles. The minimum Gasteiger partial charge on any atom is -0.497 e. The number of rotatable bonds is 11. The number of ether oxygens (including phenoxy) is 2. The predicted octanol–water partition coefficient (Wildman–Crippen LogP) is 14.2. The third-order valence-corrected chi connectivity index (χ3v) is 11.8. The Hall–Kier alpha value is -7.36. The second-order valence-corrected chi connectivity index (χ2v) is 16.2. The minimum absolute atomic E-state index is 0.704. The van der Waals surface area contributed by atoms with Gasteiger partial charge in [-0.25, -0.2) is 9.97 Å². The summed E-state index contributed by atoms with van der Waals surface area (Å²) in [5.74, 6) is 4.43. The van der Waals surface area contributed by atoms with Gasteiger partial charge in [-0.15, -0.1) is 6.42 Å². The zero-order valence-corrected chi connectivity index (χ0v) is 36.0. The summed E-state index contributed by atoms with van der Waals surface area (Å²) in [7, 11) is 1.69. The lowest BCUT2D eigenvalue weighted by molar-refractivity contribution is 0.305. The smallest absolute Gasteiger partial charge is 0.119 e. The van der Waals surface area contributed by atoms with E-state index < -0.39 is 0 Å². The van der Waals surface area contributed by atoms with E-state index in [0.717, 1.165) is 113 Å². The summed E-state index contributed by atoms with van der Waals surface area (Å²) in [5, 5.41) is 0. The number of unbranched alkanes of at least 4 members (excludes halogenated alkanes) is 3. The molecule has 8 bridgehead atoms. The molecule has 0 fully saturated rings. The SMILES string of the molecule is C#Cc1ccc(-c2c3nc(c(-c4ccc(OCCCCCC)cc4)c4ccc([nH]4)c(-c4ccc(OC)cc4)c4nc(c(-c5c(C)cc(C)cc5C)c5ccc2[nH]5)C=C4)C=C3)cc1. The molecule has 0 aliphatic carbocycles. The van der Waals surface area contributed by atoms with Gasteiger partial charge in [-0.05, 0) is 146 Å². The zero-order valence-electron chi connectivity index (χ0n) is 36.0. The molecule has 306 valence electrons. The van der Waals surface area contributed by atoms with Crippen molar-refractivity contribution in [2.45, 2.75) is 53.4 Å². The van der Waals surface area contributed by atoms with Crippen LogP contribution in [0, 0.1) is 33.1 Å². The van der Waals surface area contributed by atoms with Crippen LogP contribution in [0.2, 0.25) is 0 Å². The molecule has 3 aromatic heterocycles. The highest BCUT2D eigenvalue weighted by Gasteiger charge is 2.20. The topological polar surface area (TPSA) is 75.8 Å². The Morgan fingerprint density at radius 2 is 0.952 bits per heavy atom. The van der Waals surface area contributed by atoms with Gasteiger partial charge in [-0.1, -0.05) is 86.2 Å². The molecule has 7 aromatic rings. The van der Waals surface area contributed by atoms with Crippen molar-refractivity contribution in [2.75, 3.05) is 13.7 Å². The molecule has 2 N–H and O–H groups in total. The fraction of sp³-hybridized carbons (Fsp3) is 0.179. The summed E-state index contributed by atoms with van der Waals surface area (Å²) in [6, 6.07) is 37.9. The van der Waals surface area contributed by atoms with Gasteiger partial charge in [-0.3, -0.25) is 0 Å². The molecule has 5 heterocycles. The van der Waals surface area contributed by atoms with Crippen LogP contribution in [-0.4, -0.2) is 33.7 Å². The Labute approximate surface area is 364 Å². The fourth-order valence-electron chi connectivity index (χ4n) is 8.88. The van der Waals surface area contributed by atoms with Crippen LogP contribution in [0.3, 0.4) is 0 Å². The third-order valence-electron chi connectivity index (χ3n) is 11.8. The molecule has 2 aliphatic heterocycles. The second-order valence-electron chi connectivity index (χ2n) is 16.2. The van der Waals surface area contributed by atoms with Crippen LogP contribution in [0.4, 0.5) is 0 Å². The Balaban J connectivity index is 1.37. The number of aryl methyl sites for hydroxylation is 3. The Kier molecular flexibility index (Phi) is 11.2. The molecule has 0 saturated carbocycles. The van der Waals surface area contributed by atoms with Crippen LogP contribution < -0.4 is 9.47 Å². The number of H-pyrrole nitrogens is 2. The Bertz CT molecular complexity index is 3060. The number of hydrogen-bond donors (Lipinski definition) is 2. The molecule has 0 spiro atoms. The van der Waals surface area contributed by atoms with Crippen molar-refractivity contribution in [3.63, 3.8) is 0 Å². The van der Waals surface area contributed by atoms with Crippen molar-refractivity contribution in [3.8, 4) is 68.4 Å².